The molecule has 0 radical (unpaired) electrons. The van der Waals surface area contributed by atoms with Crippen molar-refractivity contribution in [3.05, 3.63) is 33.9 Å². The number of nitrogens with zero attached hydrogens (tertiary/aromatic N) is 4. The smallest absolute Gasteiger partial charge is 0.287 e. The van der Waals surface area contributed by atoms with E-state index < -0.39 is 10.8 Å². The molecule has 2 rings (SSSR count). The number of carbonyl (C=O) groups is 1. The Labute approximate surface area is 114 Å². The molecular formula is C11H14N6O3. The number of H-pyrrole nitrogens is 1. The summed E-state index contributed by atoms with van der Waals surface area (Å²) >= 11 is 0. The first-order valence-corrected chi connectivity index (χ1v) is 6.06. The van der Waals surface area contributed by atoms with E-state index in [4.69, 9.17) is 0 Å². The average molecular weight is 278 g/mol. The summed E-state index contributed by atoms with van der Waals surface area (Å²) in [6, 6.07) is 1.24. The molecule has 20 heavy (non-hydrogen) atoms. The molecule has 1 amide bonds. The van der Waals surface area contributed by atoms with Crippen LogP contribution in [0.5, 0.6) is 0 Å². The summed E-state index contributed by atoms with van der Waals surface area (Å²) in [6.07, 6.45) is 2.10. The van der Waals surface area contributed by atoms with Crippen molar-refractivity contribution in [2.45, 2.75) is 26.8 Å². The molecule has 0 saturated carbocycles. The highest BCUT2D eigenvalue weighted by atomic mass is 16.6. The summed E-state index contributed by atoms with van der Waals surface area (Å²) in [6.45, 7) is 4.14. The van der Waals surface area contributed by atoms with E-state index in [2.05, 4.69) is 20.5 Å². The molecule has 0 atom stereocenters. The van der Waals surface area contributed by atoms with E-state index in [1.165, 1.54) is 12.3 Å². The fourth-order valence-electron chi connectivity index (χ4n) is 1.78. The van der Waals surface area contributed by atoms with Crippen LogP contribution in [-0.4, -0.2) is 30.6 Å². The maximum atomic E-state index is 12.1. The summed E-state index contributed by atoms with van der Waals surface area (Å²) in [5.74, 6) is 0.222. The van der Waals surface area contributed by atoms with Gasteiger partial charge in [-0.1, -0.05) is 6.92 Å². The van der Waals surface area contributed by atoms with E-state index in [1.54, 1.807) is 11.5 Å². The molecule has 2 heterocycles. The molecule has 0 aromatic carbocycles. The Morgan fingerprint density at radius 2 is 2.35 bits per heavy atom. The molecule has 0 bridgehead atoms. The van der Waals surface area contributed by atoms with Gasteiger partial charge in [0.2, 0.25) is 5.95 Å². The van der Waals surface area contributed by atoms with Gasteiger partial charge in [-0.05, 0) is 13.3 Å². The molecule has 0 aliphatic rings. The molecule has 2 aromatic rings. The molecule has 9 nitrogen and oxygen atoms in total. The number of aromatic amines is 1. The average Bonchev–Trinajstić information content (AvgIpc) is 2.96. The molecule has 2 aromatic heterocycles. The van der Waals surface area contributed by atoms with Gasteiger partial charge >= 0.3 is 0 Å². The number of nitrogens with one attached hydrogen (secondary N) is 2. The van der Waals surface area contributed by atoms with E-state index in [-0.39, 0.29) is 17.3 Å². The Morgan fingerprint density at radius 1 is 1.60 bits per heavy atom. The minimum atomic E-state index is -0.528. The number of aromatic nitrogens is 4. The van der Waals surface area contributed by atoms with Crippen LogP contribution in [0.15, 0.2) is 12.3 Å². The van der Waals surface area contributed by atoms with Crippen molar-refractivity contribution in [1.82, 2.24) is 19.7 Å². The highest BCUT2D eigenvalue weighted by Gasteiger charge is 2.20. The molecular weight excluding hydrogens is 264 g/mol. The first kappa shape index (κ1) is 13.7. The van der Waals surface area contributed by atoms with Crippen molar-refractivity contribution in [3.8, 4) is 0 Å². The Balaban J connectivity index is 2.25. The van der Waals surface area contributed by atoms with Crippen molar-refractivity contribution in [3.63, 3.8) is 0 Å². The molecule has 0 aliphatic heterocycles. The van der Waals surface area contributed by atoms with Crippen molar-refractivity contribution in [1.29, 1.82) is 0 Å². The van der Waals surface area contributed by atoms with Gasteiger partial charge in [-0.25, -0.2) is 0 Å². The monoisotopic (exact) mass is 278 g/mol. The number of hydrogen-bond donors (Lipinski definition) is 2. The van der Waals surface area contributed by atoms with Gasteiger partial charge in [0, 0.05) is 12.6 Å². The summed E-state index contributed by atoms with van der Waals surface area (Å²) in [5, 5.41) is 19.7. The number of hydrogen-bond acceptors (Lipinski definition) is 5. The van der Waals surface area contributed by atoms with Crippen LogP contribution in [0.3, 0.4) is 0 Å². The fraction of sp³-hybridized carbons (Fsp3) is 0.364. The molecule has 106 valence electrons. The molecule has 9 heteroatoms. The highest BCUT2D eigenvalue weighted by molar-refractivity contribution is 6.02. The number of anilines is 1. The minimum Gasteiger partial charge on any atom is -0.337 e. The van der Waals surface area contributed by atoms with E-state index >= 15 is 0 Å². The van der Waals surface area contributed by atoms with Crippen molar-refractivity contribution < 1.29 is 9.72 Å². The lowest BCUT2D eigenvalue weighted by Gasteiger charge is -2.05. The summed E-state index contributed by atoms with van der Waals surface area (Å²) in [4.78, 5) is 26.3. The standard InChI is InChI=1S/C11H14N6O3/c1-3-4-16-6-8(17(19)20)5-9(16)10(18)13-11-12-7(2)14-15-11/h5-6H,3-4H2,1-2H3,(H2,12,13,14,15,18). The third-order valence-corrected chi connectivity index (χ3v) is 2.61. The Kier molecular flexibility index (Phi) is 3.78. The largest absolute Gasteiger partial charge is 0.337 e. The molecule has 0 aliphatic carbocycles. The molecule has 0 fully saturated rings. The van der Waals surface area contributed by atoms with Crippen molar-refractivity contribution in [2.24, 2.45) is 0 Å². The molecule has 2 N–H and O–H groups in total. The minimum absolute atomic E-state index is 0.116. The zero-order valence-corrected chi connectivity index (χ0v) is 11.1. The lowest BCUT2D eigenvalue weighted by atomic mass is 10.3. The zero-order valence-electron chi connectivity index (χ0n) is 11.1. The van der Waals surface area contributed by atoms with Crippen molar-refractivity contribution in [2.75, 3.05) is 5.32 Å². The number of rotatable bonds is 5. The van der Waals surface area contributed by atoms with Crippen LogP contribution in [0.1, 0.15) is 29.7 Å². The Morgan fingerprint density at radius 3 is 2.90 bits per heavy atom. The SMILES string of the molecule is CCCn1cc([N+](=O)[O-])cc1C(=O)Nc1n[nH]c(C)n1. The van der Waals surface area contributed by atoms with Gasteiger partial charge in [0.1, 0.15) is 11.5 Å². The second kappa shape index (κ2) is 5.51. The third kappa shape index (κ3) is 2.82. The van der Waals surface area contributed by atoms with Gasteiger partial charge in [0.25, 0.3) is 11.6 Å². The van der Waals surface area contributed by atoms with E-state index in [1.807, 2.05) is 6.92 Å². The summed E-state index contributed by atoms with van der Waals surface area (Å²) < 4.78 is 1.55. The number of amides is 1. The van der Waals surface area contributed by atoms with Crippen LogP contribution in [-0.2, 0) is 6.54 Å². The van der Waals surface area contributed by atoms with Crippen LogP contribution in [0, 0.1) is 17.0 Å². The van der Waals surface area contributed by atoms with Crippen LogP contribution in [0.25, 0.3) is 0 Å². The van der Waals surface area contributed by atoms with Crippen molar-refractivity contribution >= 4 is 17.5 Å². The van der Waals surface area contributed by atoms with Gasteiger partial charge in [0.05, 0.1) is 11.1 Å². The number of carbonyl (C=O) groups excluding carboxylic acids is 1. The highest BCUT2D eigenvalue weighted by Crippen LogP contribution is 2.18. The first-order chi connectivity index (χ1) is 9.51. The molecule has 0 unspecified atom stereocenters. The second-order valence-electron chi connectivity index (χ2n) is 4.23. The lowest BCUT2D eigenvalue weighted by Crippen LogP contribution is -2.17. The zero-order chi connectivity index (χ0) is 14.7. The molecule has 0 spiro atoms. The van der Waals surface area contributed by atoms with E-state index in [0.717, 1.165) is 6.42 Å². The second-order valence-corrected chi connectivity index (χ2v) is 4.23. The fourth-order valence-corrected chi connectivity index (χ4v) is 1.78. The quantitative estimate of drug-likeness (QED) is 0.634. The third-order valence-electron chi connectivity index (χ3n) is 2.61. The van der Waals surface area contributed by atoms with E-state index in [0.29, 0.717) is 12.4 Å². The number of nitro groups is 1. The van der Waals surface area contributed by atoms with Gasteiger partial charge in [-0.2, -0.15) is 4.98 Å². The summed E-state index contributed by atoms with van der Waals surface area (Å²) in [5.41, 5.74) is 0.0933. The van der Waals surface area contributed by atoms with Crippen LogP contribution < -0.4 is 5.32 Å². The van der Waals surface area contributed by atoms with Gasteiger partial charge in [0.15, 0.2) is 0 Å². The predicted molar refractivity (Wildman–Crippen MR) is 70.5 cm³/mol. The normalized spacial score (nSPS) is 10.5. The number of aryl methyl sites for hydroxylation is 2. The van der Waals surface area contributed by atoms with Gasteiger partial charge in [-0.15, -0.1) is 5.10 Å². The van der Waals surface area contributed by atoms with Crippen LogP contribution in [0.4, 0.5) is 11.6 Å². The summed E-state index contributed by atoms with van der Waals surface area (Å²) in [7, 11) is 0. The van der Waals surface area contributed by atoms with E-state index in [9.17, 15) is 14.9 Å². The predicted octanol–water partition coefficient (Wildman–Crippen LogP) is 1.49. The maximum absolute atomic E-state index is 12.1. The topological polar surface area (TPSA) is 119 Å². The van der Waals surface area contributed by atoms with Crippen LogP contribution in [0.2, 0.25) is 0 Å². The maximum Gasteiger partial charge on any atom is 0.287 e. The van der Waals surface area contributed by atoms with Crippen LogP contribution >= 0.6 is 0 Å². The first-order valence-electron chi connectivity index (χ1n) is 6.06. The van der Waals surface area contributed by atoms with Gasteiger partial charge in [-0.3, -0.25) is 25.3 Å². The lowest BCUT2D eigenvalue weighted by molar-refractivity contribution is -0.384. The van der Waals surface area contributed by atoms with Gasteiger partial charge < -0.3 is 4.57 Å². The Bertz CT molecular complexity index is 644. The Hall–Kier alpha value is -2.71. The molecule has 0 saturated heterocycles.